The maximum Gasteiger partial charge on any atom is 0.254 e. The lowest BCUT2D eigenvalue weighted by Crippen LogP contribution is -2.28. The van der Waals surface area contributed by atoms with Crippen LogP contribution in [0.4, 0.5) is 5.82 Å². The molecular weight excluding hydrogens is 382 g/mol. The smallest absolute Gasteiger partial charge is 0.254 e. The molecule has 1 aliphatic rings. The zero-order valence-corrected chi connectivity index (χ0v) is 18.3. The Balaban J connectivity index is 1.79. The molecule has 0 unspecified atom stereocenters. The van der Waals surface area contributed by atoms with Crippen molar-refractivity contribution in [2.75, 3.05) is 46.7 Å². The van der Waals surface area contributed by atoms with E-state index in [2.05, 4.69) is 4.98 Å². The van der Waals surface area contributed by atoms with Gasteiger partial charge in [-0.15, -0.1) is 0 Å². The highest BCUT2D eigenvalue weighted by Crippen LogP contribution is 2.28. The van der Waals surface area contributed by atoms with E-state index in [-0.39, 0.29) is 24.3 Å². The summed E-state index contributed by atoms with van der Waals surface area (Å²) in [6, 6.07) is 9.31. The molecule has 1 aromatic heterocycles. The Morgan fingerprint density at radius 1 is 1.20 bits per heavy atom. The first kappa shape index (κ1) is 21.7. The van der Waals surface area contributed by atoms with Crippen molar-refractivity contribution >= 4 is 17.6 Å². The number of anilines is 1. The van der Waals surface area contributed by atoms with Crippen LogP contribution < -0.4 is 4.90 Å². The number of ether oxygens (including phenoxy) is 1. The highest BCUT2D eigenvalue weighted by Gasteiger charge is 2.30. The molecule has 8 nitrogen and oxygen atoms in total. The standard InChI is InChI=1S/C22H29N5O3/c1-25(2)20-11-18(17-10-21(28)26(3)12-17)23-19(24-20)13-27(4)22(29)16-8-6-15(7-9-16)14-30-5/h6-9,11,17H,10,12-14H2,1-5H3/t17-/m0/s1. The van der Waals surface area contributed by atoms with E-state index < -0.39 is 0 Å². The van der Waals surface area contributed by atoms with Gasteiger partial charge in [0, 0.05) is 65.8 Å². The second-order valence-corrected chi connectivity index (χ2v) is 7.93. The summed E-state index contributed by atoms with van der Waals surface area (Å²) in [6.45, 7) is 1.44. The van der Waals surface area contributed by atoms with Crippen molar-refractivity contribution in [2.24, 2.45) is 0 Å². The van der Waals surface area contributed by atoms with E-state index in [9.17, 15) is 9.59 Å². The van der Waals surface area contributed by atoms with Crippen LogP contribution in [0, 0.1) is 0 Å². The number of hydrogen-bond acceptors (Lipinski definition) is 6. The van der Waals surface area contributed by atoms with Crippen LogP contribution in [0.1, 0.15) is 39.8 Å². The average Bonchev–Trinajstić information content (AvgIpc) is 3.06. The highest BCUT2D eigenvalue weighted by molar-refractivity contribution is 5.94. The van der Waals surface area contributed by atoms with Crippen LogP contribution in [-0.4, -0.2) is 73.4 Å². The lowest BCUT2D eigenvalue weighted by molar-refractivity contribution is -0.126. The van der Waals surface area contributed by atoms with Gasteiger partial charge in [0.15, 0.2) is 0 Å². The average molecular weight is 412 g/mol. The molecule has 1 saturated heterocycles. The lowest BCUT2D eigenvalue weighted by atomic mass is 10.0. The Bertz CT molecular complexity index is 913. The SMILES string of the molecule is COCc1ccc(C(=O)N(C)Cc2nc([C@H]3CC(=O)N(C)C3)cc(N(C)C)n2)cc1. The van der Waals surface area contributed by atoms with E-state index in [1.807, 2.05) is 44.2 Å². The summed E-state index contributed by atoms with van der Waals surface area (Å²) in [4.78, 5) is 39.3. The number of aromatic nitrogens is 2. The zero-order chi connectivity index (χ0) is 21.8. The minimum Gasteiger partial charge on any atom is -0.380 e. The summed E-state index contributed by atoms with van der Waals surface area (Å²) < 4.78 is 5.11. The third-order valence-corrected chi connectivity index (χ3v) is 5.23. The zero-order valence-electron chi connectivity index (χ0n) is 18.3. The van der Waals surface area contributed by atoms with Crippen LogP contribution in [0.15, 0.2) is 30.3 Å². The van der Waals surface area contributed by atoms with Crippen molar-refractivity contribution in [2.45, 2.75) is 25.5 Å². The summed E-state index contributed by atoms with van der Waals surface area (Å²) in [6.07, 6.45) is 0.447. The lowest BCUT2D eigenvalue weighted by Gasteiger charge is -2.20. The molecule has 1 fully saturated rings. The molecule has 2 heterocycles. The predicted molar refractivity (Wildman–Crippen MR) is 114 cm³/mol. The Hall–Kier alpha value is -3.00. The molecule has 0 radical (unpaired) electrons. The molecule has 1 aromatic carbocycles. The van der Waals surface area contributed by atoms with Gasteiger partial charge in [0.25, 0.3) is 5.91 Å². The van der Waals surface area contributed by atoms with E-state index in [4.69, 9.17) is 9.72 Å². The van der Waals surface area contributed by atoms with Crippen molar-refractivity contribution in [3.05, 3.63) is 53.0 Å². The van der Waals surface area contributed by atoms with E-state index in [0.717, 1.165) is 17.1 Å². The molecule has 0 N–H and O–H groups in total. The highest BCUT2D eigenvalue weighted by atomic mass is 16.5. The topological polar surface area (TPSA) is 78.9 Å². The quantitative estimate of drug-likeness (QED) is 0.693. The molecule has 0 aliphatic carbocycles. The van der Waals surface area contributed by atoms with Gasteiger partial charge in [-0.25, -0.2) is 9.97 Å². The number of carbonyl (C=O) groups is 2. The van der Waals surface area contributed by atoms with Crippen LogP contribution in [0.25, 0.3) is 0 Å². The first-order chi connectivity index (χ1) is 14.3. The van der Waals surface area contributed by atoms with Crippen LogP contribution in [0.3, 0.4) is 0 Å². The molecule has 0 bridgehead atoms. The van der Waals surface area contributed by atoms with Gasteiger partial charge in [-0.1, -0.05) is 12.1 Å². The van der Waals surface area contributed by atoms with Gasteiger partial charge < -0.3 is 19.4 Å². The third kappa shape index (κ3) is 4.94. The van der Waals surface area contributed by atoms with Crippen LogP contribution in [0.5, 0.6) is 0 Å². The first-order valence-corrected chi connectivity index (χ1v) is 9.91. The second kappa shape index (κ2) is 9.21. The Morgan fingerprint density at radius 3 is 2.47 bits per heavy atom. The van der Waals surface area contributed by atoms with Gasteiger partial charge in [-0.2, -0.15) is 0 Å². The molecule has 30 heavy (non-hydrogen) atoms. The molecule has 0 spiro atoms. The molecule has 0 saturated carbocycles. The Kier molecular flexibility index (Phi) is 6.66. The van der Waals surface area contributed by atoms with Crippen molar-refractivity contribution in [3.63, 3.8) is 0 Å². The minimum atomic E-state index is -0.102. The number of amides is 2. The number of benzene rings is 1. The molecule has 2 amide bonds. The molecule has 2 aromatic rings. The van der Waals surface area contributed by atoms with Crippen LogP contribution in [0.2, 0.25) is 0 Å². The fraction of sp³-hybridized carbons (Fsp3) is 0.455. The van der Waals surface area contributed by atoms with E-state index in [1.54, 1.807) is 36.1 Å². The second-order valence-electron chi connectivity index (χ2n) is 7.93. The summed E-state index contributed by atoms with van der Waals surface area (Å²) in [7, 11) is 9.02. The number of carbonyl (C=O) groups excluding carboxylic acids is 2. The van der Waals surface area contributed by atoms with Crippen LogP contribution in [-0.2, 0) is 22.7 Å². The van der Waals surface area contributed by atoms with E-state index in [1.165, 1.54) is 0 Å². The van der Waals surface area contributed by atoms with Gasteiger partial charge in [0.1, 0.15) is 11.6 Å². The molecule has 8 heteroatoms. The summed E-state index contributed by atoms with van der Waals surface area (Å²) in [5, 5.41) is 0. The largest absolute Gasteiger partial charge is 0.380 e. The Labute approximate surface area is 177 Å². The van der Waals surface area contributed by atoms with Gasteiger partial charge in [-0.05, 0) is 17.7 Å². The van der Waals surface area contributed by atoms with Crippen LogP contribution >= 0.6 is 0 Å². The minimum absolute atomic E-state index is 0.0392. The number of rotatable bonds is 7. The van der Waals surface area contributed by atoms with Crippen molar-refractivity contribution < 1.29 is 14.3 Å². The molecule has 160 valence electrons. The number of methoxy groups -OCH3 is 1. The molecule has 1 atom stereocenters. The molecule has 3 rings (SSSR count). The van der Waals surface area contributed by atoms with Crippen molar-refractivity contribution in [3.8, 4) is 0 Å². The predicted octanol–water partition coefficient (Wildman–Crippen LogP) is 1.91. The fourth-order valence-electron chi connectivity index (χ4n) is 3.49. The summed E-state index contributed by atoms with van der Waals surface area (Å²) >= 11 is 0. The van der Waals surface area contributed by atoms with Gasteiger partial charge in [-0.3, -0.25) is 9.59 Å². The maximum atomic E-state index is 12.8. The summed E-state index contributed by atoms with van der Waals surface area (Å²) in [5.74, 6) is 1.38. The maximum absolute atomic E-state index is 12.8. The molecular formula is C22H29N5O3. The van der Waals surface area contributed by atoms with Crippen molar-refractivity contribution in [1.82, 2.24) is 19.8 Å². The Morgan fingerprint density at radius 2 is 1.90 bits per heavy atom. The van der Waals surface area contributed by atoms with Gasteiger partial charge in [0.05, 0.1) is 18.8 Å². The monoisotopic (exact) mass is 411 g/mol. The van der Waals surface area contributed by atoms with Gasteiger partial charge >= 0.3 is 0 Å². The van der Waals surface area contributed by atoms with Crippen molar-refractivity contribution in [1.29, 1.82) is 0 Å². The fourth-order valence-corrected chi connectivity index (χ4v) is 3.49. The van der Waals surface area contributed by atoms with E-state index in [0.29, 0.717) is 31.0 Å². The number of nitrogens with zero attached hydrogens (tertiary/aromatic N) is 5. The molecule has 1 aliphatic heterocycles. The number of likely N-dealkylation sites (tertiary alicyclic amines) is 1. The van der Waals surface area contributed by atoms with E-state index >= 15 is 0 Å². The summed E-state index contributed by atoms with van der Waals surface area (Å²) in [5.41, 5.74) is 2.45. The third-order valence-electron chi connectivity index (χ3n) is 5.23. The number of hydrogen-bond donors (Lipinski definition) is 0. The van der Waals surface area contributed by atoms with Gasteiger partial charge in [0.2, 0.25) is 5.91 Å². The number of likely N-dealkylation sites (N-methyl/N-ethyl adjacent to an activating group) is 1. The normalized spacial score (nSPS) is 16.1. The first-order valence-electron chi connectivity index (χ1n) is 9.91.